The van der Waals surface area contributed by atoms with Gasteiger partial charge in [-0.1, -0.05) is 32.9 Å². The summed E-state index contributed by atoms with van der Waals surface area (Å²) in [6, 6.07) is 9.68. The summed E-state index contributed by atoms with van der Waals surface area (Å²) in [6.07, 6.45) is 0.682. The molecular weight excluding hydrogens is 370 g/mol. The second kappa shape index (κ2) is 8.55. The first-order valence-corrected chi connectivity index (χ1v) is 9.91. The molecule has 29 heavy (non-hydrogen) atoms. The van der Waals surface area contributed by atoms with E-state index in [1.807, 2.05) is 20.8 Å². The molecule has 1 aromatic carbocycles. The number of ether oxygens (including phenoxy) is 1. The van der Waals surface area contributed by atoms with Crippen molar-refractivity contribution < 1.29 is 23.8 Å². The fourth-order valence-electron chi connectivity index (χ4n) is 3.40. The molecule has 0 aliphatic carbocycles. The predicted molar refractivity (Wildman–Crippen MR) is 110 cm³/mol. The van der Waals surface area contributed by atoms with Gasteiger partial charge in [0.25, 0.3) is 11.7 Å². The highest BCUT2D eigenvalue weighted by Gasteiger charge is 2.47. The van der Waals surface area contributed by atoms with E-state index in [1.165, 1.54) is 4.90 Å². The standard InChI is InChI=1S/C23H27NO5/c1-5-11-24-20(18-10-9-15(4)29-18)19(22(26)23(24)27)21(25)16-7-6-8-17(12-16)28-13-14(2)3/h6-10,12,14,20,25H,5,11,13H2,1-4H3/b21-19-. The van der Waals surface area contributed by atoms with Crippen LogP contribution in [0, 0.1) is 12.8 Å². The van der Waals surface area contributed by atoms with Crippen molar-refractivity contribution in [2.45, 2.75) is 40.2 Å². The van der Waals surface area contributed by atoms with Crippen LogP contribution in [-0.4, -0.2) is 34.8 Å². The van der Waals surface area contributed by atoms with Gasteiger partial charge in [0, 0.05) is 12.1 Å². The van der Waals surface area contributed by atoms with Crippen LogP contribution in [-0.2, 0) is 9.59 Å². The number of carbonyl (C=O) groups excluding carboxylic acids is 2. The summed E-state index contributed by atoms with van der Waals surface area (Å²) in [5.74, 6) is 0.527. The molecule has 3 rings (SSSR count). The average molecular weight is 397 g/mol. The second-order valence-corrected chi connectivity index (χ2v) is 7.67. The molecular formula is C23H27NO5. The third kappa shape index (κ3) is 4.21. The lowest BCUT2D eigenvalue weighted by Gasteiger charge is -2.22. The Morgan fingerprint density at radius 1 is 1.24 bits per heavy atom. The highest BCUT2D eigenvalue weighted by atomic mass is 16.5. The Hall–Kier alpha value is -3.02. The number of nitrogens with zero attached hydrogens (tertiary/aromatic N) is 1. The predicted octanol–water partition coefficient (Wildman–Crippen LogP) is 4.45. The number of benzene rings is 1. The van der Waals surface area contributed by atoms with Gasteiger partial charge in [0.05, 0.1) is 12.2 Å². The fourth-order valence-corrected chi connectivity index (χ4v) is 3.40. The zero-order chi connectivity index (χ0) is 21.1. The van der Waals surface area contributed by atoms with Crippen LogP contribution in [0.15, 0.2) is 46.4 Å². The Labute approximate surface area is 170 Å². The lowest BCUT2D eigenvalue weighted by atomic mass is 9.99. The van der Waals surface area contributed by atoms with E-state index in [-0.39, 0.29) is 11.3 Å². The molecule has 0 bridgehead atoms. The average Bonchev–Trinajstić information content (AvgIpc) is 3.22. The van der Waals surface area contributed by atoms with Crippen LogP contribution in [0.1, 0.15) is 50.3 Å². The number of ketones is 1. The summed E-state index contributed by atoms with van der Waals surface area (Å²) in [6.45, 7) is 8.75. The molecule has 1 saturated heterocycles. The smallest absolute Gasteiger partial charge is 0.295 e. The molecule has 1 N–H and O–H groups in total. The number of furan rings is 1. The number of rotatable bonds is 7. The number of aliphatic hydroxyl groups excluding tert-OH is 1. The van der Waals surface area contributed by atoms with E-state index in [0.29, 0.717) is 48.3 Å². The van der Waals surface area contributed by atoms with Crippen LogP contribution in [0.4, 0.5) is 0 Å². The van der Waals surface area contributed by atoms with Gasteiger partial charge in [0.2, 0.25) is 0 Å². The summed E-state index contributed by atoms with van der Waals surface area (Å²) in [7, 11) is 0. The first-order chi connectivity index (χ1) is 13.8. The number of likely N-dealkylation sites (tertiary alicyclic amines) is 1. The van der Waals surface area contributed by atoms with Crippen molar-refractivity contribution in [2.24, 2.45) is 5.92 Å². The van der Waals surface area contributed by atoms with Gasteiger partial charge in [-0.25, -0.2) is 0 Å². The highest BCUT2D eigenvalue weighted by molar-refractivity contribution is 6.46. The molecule has 2 aromatic rings. The largest absolute Gasteiger partial charge is 0.507 e. The Kier molecular flexibility index (Phi) is 6.11. The zero-order valence-electron chi connectivity index (χ0n) is 17.3. The van der Waals surface area contributed by atoms with Crippen molar-refractivity contribution in [2.75, 3.05) is 13.2 Å². The van der Waals surface area contributed by atoms with E-state index in [9.17, 15) is 14.7 Å². The van der Waals surface area contributed by atoms with E-state index >= 15 is 0 Å². The molecule has 1 fully saturated rings. The van der Waals surface area contributed by atoms with Crippen molar-refractivity contribution >= 4 is 17.4 Å². The van der Waals surface area contributed by atoms with Crippen molar-refractivity contribution in [3.05, 3.63) is 59.1 Å². The van der Waals surface area contributed by atoms with E-state index < -0.39 is 17.7 Å². The normalized spacial score (nSPS) is 18.7. The maximum atomic E-state index is 12.8. The maximum Gasteiger partial charge on any atom is 0.295 e. The Bertz CT molecular complexity index is 940. The third-order valence-corrected chi connectivity index (χ3v) is 4.73. The monoisotopic (exact) mass is 397 g/mol. The van der Waals surface area contributed by atoms with E-state index in [0.717, 1.165) is 0 Å². The topological polar surface area (TPSA) is 80.0 Å². The molecule has 0 spiro atoms. The lowest BCUT2D eigenvalue weighted by Crippen LogP contribution is -2.30. The SMILES string of the molecule is CCCN1C(=O)C(=O)/C(=C(\O)c2cccc(OCC(C)C)c2)C1c1ccc(C)o1. The highest BCUT2D eigenvalue weighted by Crippen LogP contribution is 2.40. The van der Waals surface area contributed by atoms with Crippen molar-refractivity contribution in [3.8, 4) is 5.75 Å². The number of aliphatic hydroxyl groups is 1. The number of hydrogen-bond donors (Lipinski definition) is 1. The summed E-state index contributed by atoms with van der Waals surface area (Å²) in [5.41, 5.74) is 0.466. The minimum absolute atomic E-state index is 0.0406. The number of carbonyl (C=O) groups is 2. The molecule has 154 valence electrons. The first-order valence-electron chi connectivity index (χ1n) is 9.91. The van der Waals surface area contributed by atoms with Gasteiger partial charge in [0.1, 0.15) is 29.1 Å². The molecule has 1 unspecified atom stereocenters. The molecule has 1 aromatic heterocycles. The van der Waals surface area contributed by atoms with Gasteiger partial charge in [-0.05, 0) is 43.5 Å². The second-order valence-electron chi connectivity index (χ2n) is 7.67. The van der Waals surface area contributed by atoms with Crippen LogP contribution in [0.5, 0.6) is 5.75 Å². The summed E-state index contributed by atoms with van der Waals surface area (Å²) in [4.78, 5) is 26.9. The third-order valence-electron chi connectivity index (χ3n) is 4.73. The van der Waals surface area contributed by atoms with Crippen LogP contribution in [0.3, 0.4) is 0 Å². The molecule has 0 radical (unpaired) electrons. The van der Waals surface area contributed by atoms with Crippen molar-refractivity contribution in [1.82, 2.24) is 4.90 Å². The molecule has 2 heterocycles. The Morgan fingerprint density at radius 3 is 2.62 bits per heavy atom. The minimum Gasteiger partial charge on any atom is -0.507 e. The quantitative estimate of drug-likeness (QED) is 0.424. The summed E-state index contributed by atoms with van der Waals surface area (Å²) < 4.78 is 11.5. The van der Waals surface area contributed by atoms with Gasteiger partial charge >= 0.3 is 0 Å². The fraction of sp³-hybridized carbons (Fsp3) is 0.391. The van der Waals surface area contributed by atoms with Crippen LogP contribution < -0.4 is 4.74 Å². The van der Waals surface area contributed by atoms with Crippen molar-refractivity contribution in [3.63, 3.8) is 0 Å². The van der Waals surface area contributed by atoms with Gasteiger partial charge < -0.3 is 19.2 Å². The molecule has 1 atom stereocenters. The molecule has 6 nitrogen and oxygen atoms in total. The Morgan fingerprint density at radius 2 is 2.00 bits per heavy atom. The van der Waals surface area contributed by atoms with Crippen LogP contribution in [0.2, 0.25) is 0 Å². The maximum absolute atomic E-state index is 12.8. The molecule has 6 heteroatoms. The van der Waals surface area contributed by atoms with Gasteiger partial charge in [0.15, 0.2) is 0 Å². The number of hydrogen-bond acceptors (Lipinski definition) is 5. The van der Waals surface area contributed by atoms with Crippen molar-refractivity contribution in [1.29, 1.82) is 0 Å². The molecule has 0 saturated carbocycles. The van der Waals surface area contributed by atoms with Gasteiger partial charge in [-0.2, -0.15) is 0 Å². The Balaban J connectivity index is 2.07. The van der Waals surface area contributed by atoms with Crippen LogP contribution in [0.25, 0.3) is 5.76 Å². The summed E-state index contributed by atoms with van der Waals surface area (Å²) >= 11 is 0. The van der Waals surface area contributed by atoms with Crippen LogP contribution >= 0.6 is 0 Å². The van der Waals surface area contributed by atoms with E-state index in [2.05, 4.69) is 0 Å². The van der Waals surface area contributed by atoms with Gasteiger partial charge in [-0.3, -0.25) is 9.59 Å². The minimum atomic E-state index is -0.746. The summed E-state index contributed by atoms with van der Waals surface area (Å²) in [5, 5.41) is 11.0. The lowest BCUT2D eigenvalue weighted by molar-refractivity contribution is -0.140. The number of amides is 1. The molecule has 1 aliphatic rings. The van der Waals surface area contributed by atoms with Gasteiger partial charge in [-0.15, -0.1) is 0 Å². The molecule has 1 aliphatic heterocycles. The number of aryl methyl sites for hydroxylation is 1. The zero-order valence-corrected chi connectivity index (χ0v) is 17.3. The number of Topliss-reactive ketones (excluding diaryl/α,β-unsaturated/α-hetero) is 1. The van der Waals surface area contributed by atoms with E-state index in [1.54, 1.807) is 43.3 Å². The first kappa shape index (κ1) is 20.7. The van der Waals surface area contributed by atoms with E-state index in [4.69, 9.17) is 9.15 Å². The molecule has 1 amide bonds.